The lowest BCUT2D eigenvalue weighted by Crippen LogP contribution is -2.45. The quantitative estimate of drug-likeness (QED) is 0.421. The number of para-hydroxylation sites is 2. The molecule has 0 spiro atoms. The summed E-state index contributed by atoms with van der Waals surface area (Å²) in [5.74, 6) is -0.694. The fourth-order valence-corrected chi connectivity index (χ4v) is 3.58. The maximum atomic E-state index is 13.1. The molecule has 1 heterocycles. The van der Waals surface area contributed by atoms with E-state index in [1.54, 1.807) is 36.4 Å². The maximum absolute atomic E-state index is 13.1. The first kappa shape index (κ1) is 19.7. The number of aromatic nitrogens is 1. The molecule has 6 heteroatoms. The van der Waals surface area contributed by atoms with Crippen molar-refractivity contribution in [3.63, 3.8) is 0 Å². The molecule has 4 aromatic rings. The number of H-pyrrole nitrogens is 1. The minimum atomic E-state index is -0.784. The fraction of sp³-hybridized carbons (Fsp3) is 0.0833. The Bertz CT molecular complexity index is 1190. The minimum Gasteiger partial charge on any atom is -0.361 e. The molecule has 0 aliphatic carbocycles. The molecular formula is C24H20ClN3O2. The number of benzene rings is 3. The zero-order valence-corrected chi connectivity index (χ0v) is 16.8. The Morgan fingerprint density at radius 2 is 1.60 bits per heavy atom. The average Bonchev–Trinajstić information content (AvgIpc) is 3.17. The Morgan fingerprint density at radius 1 is 0.900 bits per heavy atom. The molecule has 5 nitrogen and oxygen atoms in total. The second-order valence-corrected chi connectivity index (χ2v) is 7.33. The molecular weight excluding hydrogens is 398 g/mol. The first-order valence-corrected chi connectivity index (χ1v) is 9.96. The van der Waals surface area contributed by atoms with Gasteiger partial charge >= 0.3 is 0 Å². The Kier molecular flexibility index (Phi) is 5.82. The molecule has 2 amide bonds. The molecule has 30 heavy (non-hydrogen) atoms. The van der Waals surface area contributed by atoms with E-state index in [0.29, 0.717) is 22.7 Å². The molecule has 0 fully saturated rings. The number of rotatable bonds is 6. The Labute approximate surface area is 179 Å². The number of amides is 2. The molecule has 1 aromatic heterocycles. The predicted octanol–water partition coefficient (Wildman–Crippen LogP) is 4.80. The maximum Gasteiger partial charge on any atom is 0.253 e. The van der Waals surface area contributed by atoms with Crippen LogP contribution in [-0.4, -0.2) is 22.8 Å². The van der Waals surface area contributed by atoms with Crippen molar-refractivity contribution >= 4 is 40.0 Å². The summed E-state index contributed by atoms with van der Waals surface area (Å²) in [7, 11) is 0. The molecule has 0 aliphatic rings. The van der Waals surface area contributed by atoms with Crippen LogP contribution in [0.5, 0.6) is 0 Å². The molecule has 3 N–H and O–H groups in total. The van der Waals surface area contributed by atoms with E-state index >= 15 is 0 Å². The lowest BCUT2D eigenvalue weighted by atomic mass is 10.0. The summed E-state index contributed by atoms with van der Waals surface area (Å²) in [4.78, 5) is 29.1. The van der Waals surface area contributed by atoms with E-state index in [1.807, 2.05) is 48.7 Å². The van der Waals surface area contributed by atoms with Gasteiger partial charge in [0, 0.05) is 29.2 Å². The Morgan fingerprint density at radius 3 is 2.40 bits per heavy atom. The van der Waals surface area contributed by atoms with E-state index in [-0.39, 0.29) is 5.91 Å². The van der Waals surface area contributed by atoms with Crippen LogP contribution in [0.3, 0.4) is 0 Å². The summed E-state index contributed by atoms with van der Waals surface area (Å²) >= 11 is 6.17. The second-order valence-electron chi connectivity index (χ2n) is 6.92. The smallest absolute Gasteiger partial charge is 0.253 e. The van der Waals surface area contributed by atoms with Gasteiger partial charge < -0.3 is 15.6 Å². The van der Waals surface area contributed by atoms with Crippen molar-refractivity contribution in [2.24, 2.45) is 0 Å². The highest BCUT2D eigenvalue weighted by molar-refractivity contribution is 6.33. The fourth-order valence-electron chi connectivity index (χ4n) is 3.36. The Balaban J connectivity index is 1.61. The molecule has 3 aromatic carbocycles. The molecule has 1 atom stereocenters. The van der Waals surface area contributed by atoms with Crippen LogP contribution >= 0.6 is 11.6 Å². The van der Waals surface area contributed by atoms with Crippen molar-refractivity contribution in [2.45, 2.75) is 12.5 Å². The van der Waals surface area contributed by atoms with Gasteiger partial charge in [-0.2, -0.15) is 0 Å². The van der Waals surface area contributed by atoms with E-state index in [0.717, 1.165) is 16.5 Å². The topological polar surface area (TPSA) is 74.0 Å². The zero-order chi connectivity index (χ0) is 20.9. The number of carbonyl (C=O) groups is 2. The highest BCUT2D eigenvalue weighted by Gasteiger charge is 2.24. The zero-order valence-electron chi connectivity index (χ0n) is 16.1. The highest BCUT2D eigenvalue weighted by atomic mass is 35.5. The lowest BCUT2D eigenvalue weighted by Gasteiger charge is -2.19. The van der Waals surface area contributed by atoms with Gasteiger partial charge in [-0.1, -0.05) is 60.1 Å². The van der Waals surface area contributed by atoms with E-state index < -0.39 is 11.9 Å². The third-order valence-electron chi connectivity index (χ3n) is 4.88. The summed E-state index contributed by atoms with van der Waals surface area (Å²) in [5.41, 5.74) is 2.92. The minimum absolute atomic E-state index is 0.299. The van der Waals surface area contributed by atoms with E-state index in [2.05, 4.69) is 15.6 Å². The monoisotopic (exact) mass is 417 g/mol. The third kappa shape index (κ3) is 4.36. The predicted molar refractivity (Wildman–Crippen MR) is 120 cm³/mol. The van der Waals surface area contributed by atoms with Crippen LogP contribution in [0.15, 0.2) is 85.1 Å². The van der Waals surface area contributed by atoms with E-state index in [4.69, 9.17) is 11.6 Å². The molecule has 0 aliphatic heterocycles. The van der Waals surface area contributed by atoms with Crippen LogP contribution in [0.4, 0.5) is 5.69 Å². The molecule has 0 saturated heterocycles. The van der Waals surface area contributed by atoms with Crippen molar-refractivity contribution in [1.82, 2.24) is 10.3 Å². The molecule has 0 radical (unpaired) electrons. The number of aromatic amines is 1. The number of carbonyl (C=O) groups excluding carboxylic acids is 2. The summed E-state index contributed by atoms with van der Waals surface area (Å²) < 4.78 is 0. The standard InChI is InChI=1S/C24H20ClN3O2/c25-20-12-6-4-11-19(20)23(29)28-22(24(30)27-17-8-2-1-3-9-17)14-16-15-26-21-13-7-5-10-18(16)21/h1-13,15,22,26H,14H2,(H,27,30)(H,28,29)/t22-/m1/s1. The number of halogens is 1. The lowest BCUT2D eigenvalue weighted by molar-refractivity contribution is -0.118. The number of hydrogen-bond donors (Lipinski definition) is 3. The van der Waals surface area contributed by atoms with Gasteiger partial charge in [0.2, 0.25) is 5.91 Å². The number of hydrogen-bond acceptors (Lipinski definition) is 2. The average molecular weight is 418 g/mol. The number of nitrogens with one attached hydrogen (secondary N) is 3. The number of fused-ring (bicyclic) bond motifs is 1. The van der Waals surface area contributed by atoms with E-state index in [1.165, 1.54) is 0 Å². The van der Waals surface area contributed by atoms with Crippen LogP contribution in [-0.2, 0) is 11.2 Å². The first-order chi connectivity index (χ1) is 14.6. The summed E-state index contributed by atoms with van der Waals surface area (Å²) in [6.45, 7) is 0. The number of anilines is 1. The molecule has 0 saturated carbocycles. The van der Waals surface area contributed by atoms with Gasteiger partial charge in [0.15, 0.2) is 0 Å². The van der Waals surface area contributed by atoms with Gasteiger partial charge in [-0.3, -0.25) is 9.59 Å². The Hall–Kier alpha value is -3.57. The van der Waals surface area contributed by atoms with Gasteiger partial charge in [0.25, 0.3) is 5.91 Å². The van der Waals surface area contributed by atoms with Crippen molar-refractivity contribution in [1.29, 1.82) is 0 Å². The van der Waals surface area contributed by atoms with Crippen LogP contribution in [0, 0.1) is 0 Å². The van der Waals surface area contributed by atoms with E-state index in [9.17, 15) is 9.59 Å². The molecule has 0 unspecified atom stereocenters. The second kappa shape index (κ2) is 8.84. The molecule has 150 valence electrons. The van der Waals surface area contributed by atoms with Gasteiger partial charge in [0.1, 0.15) is 6.04 Å². The SMILES string of the molecule is O=C(N[C@H](Cc1c[nH]c2ccccc12)C(=O)Nc1ccccc1)c1ccccc1Cl. The third-order valence-corrected chi connectivity index (χ3v) is 5.21. The highest BCUT2D eigenvalue weighted by Crippen LogP contribution is 2.20. The molecule has 4 rings (SSSR count). The summed E-state index contributed by atoms with van der Waals surface area (Å²) in [6.07, 6.45) is 2.20. The van der Waals surface area contributed by atoms with Gasteiger partial charge in [-0.25, -0.2) is 0 Å². The van der Waals surface area contributed by atoms with Crippen LogP contribution in [0.1, 0.15) is 15.9 Å². The van der Waals surface area contributed by atoms with Gasteiger partial charge in [-0.15, -0.1) is 0 Å². The van der Waals surface area contributed by atoms with Crippen LogP contribution in [0.2, 0.25) is 5.02 Å². The van der Waals surface area contributed by atoms with Gasteiger partial charge in [-0.05, 0) is 35.9 Å². The van der Waals surface area contributed by atoms with Crippen molar-refractivity contribution in [3.05, 3.63) is 101 Å². The summed E-state index contributed by atoms with van der Waals surface area (Å²) in [5, 5.41) is 7.08. The van der Waals surface area contributed by atoms with Crippen molar-refractivity contribution < 1.29 is 9.59 Å². The van der Waals surface area contributed by atoms with Crippen LogP contribution in [0.25, 0.3) is 10.9 Å². The summed E-state index contributed by atoms with van der Waals surface area (Å²) in [6, 6.07) is 23.0. The largest absolute Gasteiger partial charge is 0.361 e. The van der Waals surface area contributed by atoms with Crippen LogP contribution < -0.4 is 10.6 Å². The van der Waals surface area contributed by atoms with Crippen molar-refractivity contribution in [3.8, 4) is 0 Å². The van der Waals surface area contributed by atoms with Crippen molar-refractivity contribution in [2.75, 3.05) is 5.32 Å². The first-order valence-electron chi connectivity index (χ1n) is 9.58. The molecule has 0 bridgehead atoms. The van der Waals surface area contributed by atoms with Gasteiger partial charge in [0.05, 0.1) is 10.6 Å². The normalized spacial score (nSPS) is 11.8.